The fourth-order valence-corrected chi connectivity index (χ4v) is 2.39. The lowest BCUT2D eigenvalue weighted by molar-refractivity contribution is 0.0948. The van der Waals surface area contributed by atoms with Crippen molar-refractivity contribution in [2.45, 2.75) is 13.3 Å². The molecule has 0 aliphatic carbocycles. The van der Waals surface area contributed by atoms with Gasteiger partial charge in [-0.05, 0) is 31.0 Å². The first-order valence-corrected chi connectivity index (χ1v) is 8.26. The number of nitrogens with one attached hydrogen (secondary N) is 2. The SMILES string of the molecule is COCCCNC(=O)c1cncc(Nc2cc(C)c(Cl)cc2OC)c1. The Morgan fingerprint density at radius 1 is 1.24 bits per heavy atom. The summed E-state index contributed by atoms with van der Waals surface area (Å²) < 4.78 is 10.3. The molecule has 0 atom stereocenters. The highest BCUT2D eigenvalue weighted by Gasteiger charge is 2.10. The first-order chi connectivity index (χ1) is 12.0. The number of rotatable bonds is 8. The summed E-state index contributed by atoms with van der Waals surface area (Å²) in [7, 11) is 3.21. The van der Waals surface area contributed by atoms with Crippen LogP contribution in [0.15, 0.2) is 30.6 Å². The molecule has 0 unspecified atom stereocenters. The second kappa shape index (κ2) is 9.25. The highest BCUT2D eigenvalue weighted by Crippen LogP contribution is 2.33. The lowest BCUT2D eigenvalue weighted by atomic mass is 10.2. The number of aryl methyl sites for hydroxylation is 1. The second-order valence-electron chi connectivity index (χ2n) is 5.49. The van der Waals surface area contributed by atoms with Gasteiger partial charge in [-0.15, -0.1) is 0 Å². The van der Waals surface area contributed by atoms with E-state index >= 15 is 0 Å². The molecule has 7 heteroatoms. The summed E-state index contributed by atoms with van der Waals surface area (Å²) >= 11 is 6.12. The number of carbonyl (C=O) groups is 1. The van der Waals surface area contributed by atoms with Gasteiger partial charge >= 0.3 is 0 Å². The van der Waals surface area contributed by atoms with E-state index in [4.69, 9.17) is 21.1 Å². The van der Waals surface area contributed by atoms with Crippen LogP contribution in [0.1, 0.15) is 22.3 Å². The minimum absolute atomic E-state index is 0.175. The molecule has 0 aliphatic rings. The maximum atomic E-state index is 12.2. The number of anilines is 2. The van der Waals surface area contributed by atoms with Gasteiger partial charge in [0, 0.05) is 37.5 Å². The Hall–Kier alpha value is -2.31. The van der Waals surface area contributed by atoms with Gasteiger partial charge in [0.05, 0.1) is 30.2 Å². The number of amides is 1. The van der Waals surface area contributed by atoms with Gasteiger partial charge in [0.15, 0.2) is 0 Å². The summed E-state index contributed by atoms with van der Waals surface area (Å²) in [5.41, 5.74) is 2.84. The number of carbonyl (C=O) groups excluding carboxylic acids is 1. The third-order valence-corrected chi connectivity index (χ3v) is 3.98. The summed E-state index contributed by atoms with van der Waals surface area (Å²) in [5, 5.41) is 6.68. The van der Waals surface area contributed by atoms with Gasteiger partial charge in [0.2, 0.25) is 0 Å². The summed E-state index contributed by atoms with van der Waals surface area (Å²) in [6.45, 7) is 3.07. The monoisotopic (exact) mass is 363 g/mol. The van der Waals surface area contributed by atoms with Crippen molar-refractivity contribution in [3.05, 3.63) is 46.7 Å². The largest absolute Gasteiger partial charge is 0.495 e. The van der Waals surface area contributed by atoms with E-state index in [1.807, 2.05) is 13.0 Å². The molecule has 1 aromatic heterocycles. The van der Waals surface area contributed by atoms with Crippen molar-refractivity contribution >= 4 is 28.9 Å². The molecule has 0 radical (unpaired) electrons. The van der Waals surface area contributed by atoms with Crippen LogP contribution in [0.5, 0.6) is 5.75 Å². The molecule has 0 aliphatic heterocycles. The van der Waals surface area contributed by atoms with Crippen LogP contribution in [0.4, 0.5) is 11.4 Å². The normalized spacial score (nSPS) is 10.4. The standard InChI is InChI=1S/C18H22ClN3O3/c1-12-7-16(17(25-3)9-15(12)19)22-14-8-13(10-20-11-14)18(23)21-5-4-6-24-2/h7-11,22H,4-6H2,1-3H3,(H,21,23). The molecule has 0 spiro atoms. The van der Waals surface area contributed by atoms with Crippen LogP contribution in [0, 0.1) is 6.92 Å². The Morgan fingerprint density at radius 2 is 2.04 bits per heavy atom. The fraction of sp³-hybridized carbons (Fsp3) is 0.333. The van der Waals surface area contributed by atoms with E-state index in [0.29, 0.717) is 35.2 Å². The number of hydrogen-bond acceptors (Lipinski definition) is 5. The van der Waals surface area contributed by atoms with Crippen molar-refractivity contribution in [1.29, 1.82) is 0 Å². The van der Waals surface area contributed by atoms with E-state index in [2.05, 4.69) is 15.6 Å². The minimum Gasteiger partial charge on any atom is -0.495 e. The fourth-order valence-electron chi connectivity index (χ4n) is 2.24. The van der Waals surface area contributed by atoms with Crippen molar-refractivity contribution in [2.75, 3.05) is 32.7 Å². The van der Waals surface area contributed by atoms with Gasteiger partial charge in [-0.1, -0.05) is 11.6 Å². The molecule has 1 heterocycles. The average Bonchev–Trinajstić information content (AvgIpc) is 2.61. The van der Waals surface area contributed by atoms with Gasteiger partial charge < -0.3 is 20.1 Å². The van der Waals surface area contributed by atoms with Crippen LogP contribution in [0.2, 0.25) is 5.02 Å². The maximum absolute atomic E-state index is 12.2. The summed E-state index contributed by atoms with van der Waals surface area (Å²) in [6.07, 6.45) is 3.93. The number of halogens is 1. The Morgan fingerprint density at radius 3 is 2.76 bits per heavy atom. The Bertz CT molecular complexity index is 738. The van der Waals surface area contributed by atoms with Crippen molar-refractivity contribution in [3.8, 4) is 5.75 Å². The second-order valence-corrected chi connectivity index (χ2v) is 5.90. The Kier molecular flexibility index (Phi) is 7.03. The van der Waals surface area contributed by atoms with Crippen molar-refractivity contribution in [1.82, 2.24) is 10.3 Å². The average molecular weight is 364 g/mol. The number of hydrogen-bond donors (Lipinski definition) is 2. The van der Waals surface area contributed by atoms with Crippen molar-refractivity contribution < 1.29 is 14.3 Å². The number of aromatic nitrogens is 1. The minimum atomic E-state index is -0.175. The third kappa shape index (κ3) is 5.34. The molecule has 0 saturated heterocycles. The van der Waals surface area contributed by atoms with E-state index in [-0.39, 0.29) is 5.91 Å². The van der Waals surface area contributed by atoms with Crippen LogP contribution in [0.3, 0.4) is 0 Å². The van der Waals surface area contributed by atoms with Gasteiger partial charge in [-0.2, -0.15) is 0 Å². The predicted octanol–water partition coefficient (Wildman–Crippen LogP) is 3.56. The molecule has 134 valence electrons. The lowest BCUT2D eigenvalue weighted by Crippen LogP contribution is -2.25. The number of pyridine rings is 1. The zero-order valence-corrected chi connectivity index (χ0v) is 15.3. The van der Waals surface area contributed by atoms with E-state index < -0.39 is 0 Å². The predicted molar refractivity (Wildman–Crippen MR) is 99.1 cm³/mol. The van der Waals surface area contributed by atoms with Crippen LogP contribution >= 0.6 is 11.6 Å². The topological polar surface area (TPSA) is 72.5 Å². The third-order valence-electron chi connectivity index (χ3n) is 3.57. The van der Waals surface area contributed by atoms with Gasteiger partial charge in [0.25, 0.3) is 5.91 Å². The van der Waals surface area contributed by atoms with Gasteiger partial charge in [-0.3, -0.25) is 9.78 Å². The van der Waals surface area contributed by atoms with Crippen LogP contribution in [-0.2, 0) is 4.74 Å². The first kappa shape index (κ1) is 19.0. The zero-order valence-electron chi connectivity index (χ0n) is 14.6. The highest BCUT2D eigenvalue weighted by atomic mass is 35.5. The lowest BCUT2D eigenvalue weighted by Gasteiger charge is -2.13. The molecule has 25 heavy (non-hydrogen) atoms. The molecule has 2 rings (SSSR count). The van der Waals surface area contributed by atoms with E-state index in [1.54, 1.807) is 32.5 Å². The number of nitrogens with zero attached hydrogens (tertiary/aromatic N) is 1. The van der Waals surface area contributed by atoms with Crippen LogP contribution < -0.4 is 15.4 Å². The molecule has 2 N–H and O–H groups in total. The molecule has 0 saturated carbocycles. The number of ether oxygens (including phenoxy) is 2. The Balaban J connectivity index is 2.11. The summed E-state index contributed by atoms with van der Waals surface area (Å²) in [4.78, 5) is 16.3. The molecule has 0 fully saturated rings. The Labute approximate surface area is 152 Å². The smallest absolute Gasteiger partial charge is 0.252 e. The molecular formula is C18H22ClN3O3. The molecule has 1 aromatic carbocycles. The quantitative estimate of drug-likeness (QED) is 0.701. The van der Waals surface area contributed by atoms with Crippen molar-refractivity contribution in [2.24, 2.45) is 0 Å². The molecular weight excluding hydrogens is 342 g/mol. The highest BCUT2D eigenvalue weighted by molar-refractivity contribution is 6.31. The molecule has 1 amide bonds. The molecule has 2 aromatic rings. The first-order valence-electron chi connectivity index (χ1n) is 7.88. The van der Waals surface area contributed by atoms with Crippen LogP contribution in [0.25, 0.3) is 0 Å². The summed E-state index contributed by atoms with van der Waals surface area (Å²) in [6, 6.07) is 5.37. The van der Waals surface area contributed by atoms with Crippen molar-refractivity contribution in [3.63, 3.8) is 0 Å². The maximum Gasteiger partial charge on any atom is 0.252 e. The van der Waals surface area contributed by atoms with E-state index in [1.165, 1.54) is 6.20 Å². The molecule has 0 bridgehead atoms. The summed E-state index contributed by atoms with van der Waals surface area (Å²) in [5.74, 6) is 0.441. The van der Waals surface area contributed by atoms with E-state index in [0.717, 1.165) is 17.7 Å². The molecule has 6 nitrogen and oxygen atoms in total. The van der Waals surface area contributed by atoms with Gasteiger partial charge in [-0.25, -0.2) is 0 Å². The number of methoxy groups -OCH3 is 2. The number of benzene rings is 1. The van der Waals surface area contributed by atoms with E-state index in [9.17, 15) is 4.79 Å². The van der Waals surface area contributed by atoms with Gasteiger partial charge in [0.1, 0.15) is 5.75 Å². The zero-order chi connectivity index (χ0) is 18.2. The van der Waals surface area contributed by atoms with Crippen LogP contribution in [-0.4, -0.2) is 38.3 Å².